The molecule has 3 rings (SSSR count). The standard InChI is InChI=1S/C17H21N3O3/c21-15-9-13(10-18-15)12-4-3-5-14(8-12)19-16(22)11-20-7-2-1-6-17(20)23/h3-5,8,13H,1-2,6-7,9-11H2,(H,18,21)(H,19,22). The van der Waals surface area contributed by atoms with Crippen LogP contribution in [0.4, 0.5) is 5.69 Å². The number of likely N-dealkylation sites (tertiary alicyclic amines) is 1. The van der Waals surface area contributed by atoms with Gasteiger partial charge in [-0.05, 0) is 30.5 Å². The van der Waals surface area contributed by atoms with Gasteiger partial charge in [-0.1, -0.05) is 12.1 Å². The van der Waals surface area contributed by atoms with Crippen molar-refractivity contribution in [3.05, 3.63) is 29.8 Å². The predicted molar refractivity (Wildman–Crippen MR) is 85.9 cm³/mol. The van der Waals surface area contributed by atoms with E-state index in [1.165, 1.54) is 0 Å². The molecule has 2 fully saturated rings. The Bertz CT molecular complexity index is 629. The number of hydrogen-bond acceptors (Lipinski definition) is 3. The fraction of sp³-hybridized carbons (Fsp3) is 0.471. The SMILES string of the molecule is O=C1CC(c2cccc(NC(=O)CN3CCCCC3=O)c2)CN1. The Kier molecular flexibility index (Phi) is 4.60. The number of hydrogen-bond donors (Lipinski definition) is 2. The number of piperidine rings is 1. The van der Waals surface area contributed by atoms with Crippen molar-refractivity contribution >= 4 is 23.4 Å². The molecule has 2 saturated heterocycles. The lowest BCUT2D eigenvalue weighted by Gasteiger charge is -2.26. The zero-order valence-electron chi connectivity index (χ0n) is 13.0. The summed E-state index contributed by atoms with van der Waals surface area (Å²) < 4.78 is 0. The van der Waals surface area contributed by atoms with Crippen molar-refractivity contribution < 1.29 is 14.4 Å². The molecule has 0 spiro atoms. The third-order valence-corrected chi connectivity index (χ3v) is 4.38. The van der Waals surface area contributed by atoms with Gasteiger partial charge in [0.05, 0.1) is 6.54 Å². The minimum atomic E-state index is -0.182. The summed E-state index contributed by atoms with van der Waals surface area (Å²) in [6.45, 7) is 1.40. The van der Waals surface area contributed by atoms with Gasteiger partial charge in [0.25, 0.3) is 0 Å². The van der Waals surface area contributed by atoms with Gasteiger partial charge in [0.1, 0.15) is 0 Å². The van der Waals surface area contributed by atoms with Crippen LogP contribution < -0.4 is 10.6 Å². The number of benzene rings is 1. The third kappa shape index (κ3) is 3.88. The topological polar surface area (TPSA) is 78.5 Å². The smallest absolute Gasteiger partial charge is 0.243 e. The van der Waals surface area contributed by atoms with Gasteiger partial charge in [-0.3, -0.25) is 14.4 Å². The minimum absolute atomic E-state index is 0.0516. The first-order valence-corrected chi connectivity index (χ1v) is 8.06. The summed E-state index contributed by atoms with van der Waals surface area (Å²) >= 11 is 0. The molecule has 3 amide bonds. The first-order valence-electron chi connectivity index (χ1n) is 8.06. The van der Waals surface area contributed by atoms with Crippen LogP contribution in [0.25, 0.3) is 0 Å². The van der Waals surface area contributed by atoms with E-state index >= 15 is 0 Å². The maximum atomic E-state index is 12.1. The maximum Gasteiger partial charge on any atom is 0.243 e. The Morgan fingerprint density at radius 1 is 1.30 bits per heavy atom. The summed E-state index contributed by atoms with van der Waals surface area (Å²) in [4.78, 5) is 36.8. The average Bonchev–Trinajstić information content (AvgIpc) is 2.96. The normalized spacial score (nSPS) is 21.2. The zero-order valence-corrected chi connectivity index (χ0v) is 13.0. The van der Waals surface area contributed by atoms with Crippen LogP contribution in [-0.2, 0) is 14.4 Å². The lowest BCUT2D eigenvalue weighted by molar-refractivity contribution is -0.136. The molecule has 122 valence electrons. The maximum absolute atomic E-state index is 12.1. The summed E-state index contributed by atoms with van der Waals surface area (Å²) in [6, 6.07) is 7.57. The second-order valence-electron chi connectivity index (χ2n) is 6.15. The van der Waals surface area contributed by atoms with Crippen LogP contribution in [-0.4, -0.2) is 42.3 Å². The number of carbonyl (C=O) groups is 3. The Morgan fingerprint density at radius 3 is 2.91 bits per heavy atom. The van der Waals surface area contributed by atoms with Gasteiger partial charge in [-0.25, -0.2) is 0 Å². The van der Waals surface area contributed by atoms with Crippen LogP contribution in [0.2, 0.25) is 0 Å². The van der Waals surface area contributed by atoms with E-state index in [9.17, 15) is 14.4 Å². The highest BCUT2D eigenvalue weighted by Gasteiger charge is 2.23. The minimum Gasteiger partial charge on any atom is -0.355 e. The summed E-state index contributed by atoms with van der Waals surface area (Å²) in [5.74, 6) is 0.0878. The first-order chi connectivity index (χ1) is 11.1. The highest BCUT2D eigenvalue weighted by molar-refractivity contribution is 5.94. The second kappa shape index (κ2) is 6.81. The highest BCUT2D eigenvalue weighted by Crippen LogP contribution is 2.25. The van der Waals surface area contributed by atoms with Crippen LogP contribution in [0.15, 0.2) is 24.3 Å². The second-order valence-corrected chi connectivity index (χ2v) is 6.15. The molecule has 0 saturated carbocycles. The molecule has 0 radical (unpaired) electrons. The van der Waals surface area contributed by atoms with Gasteiger partial charge in [-0.2, -0.15) is 0 Å². The highest BCUT2D eigenvalue weighted by atomic mass is 16.2. The van der Waals surface area contributed by atoms with Crippen LogP contribution in [0.3, 0.4) is 0 Å². The number of amides is 3. The first kappa shape index (κ1) is 15.5. The number of nitrogens with zero attached hydrogens (tertiary/aromatic N) is 1. The van der Waals surface area contributed by atoms with Crippen molar-refractivity contribution in [2.24, 2.45) is 0 Å². The van der Waals surface area contributed by atoms with Gasteiger partial charge >= 0.3 is 0 Å². The molecule has 1 unspecified atom stereocenters. The van der Waals surface area contributed by atoms with E-state index in [1.807, 2.05) is 24.3 Å². The quantitative estimate of drug-likeness (QED) is 0.877. The monoisotopic (exact) mass is 315 g/mol. The Hall–Kier alpha value is -2.37. The van der Waals surface area contributed by atoms with E-state index < -0.39 is 0 Å². The molecule has 23 heavy (non-hydrogen) atoms. The van der Waals surface area contributed by atoms with Crippen molar-refractivity contribution in [3.8, 4) is 0 Å². The molecule has 1 atom stereocenters. The molecule has 2 aliphatic heterocycles. The summed E-state index contributed by atoms with van der Waals surface area (Å²) in [5.41, 5.74) is 1.74. The summed E-state index contributed by atoms with van der Waals surface area (Å²) in [7, 11) is 0. The Labute approximate surface area is 135 Å². The molecule has 0 aliphatic carbocycles. The van der Waals surface area contributed by atoms with Gasteiger partial charge < -0.3 is 15.5 Å². The van der Waals surface area contributed by atoms with E-state index in [1.54, 1.807) is 4.90 Å². The van der Waals surface area contributed by atoms with Crippen molar-refractivity contribution in [1.29, 1.82) is 0 Å². The third-order valence-electron chi connectivity index (χ3n) is 4.38. The van der Waals surface area contributed by atoms with Crippen molar-refractivity contribution in [2.45, 2.75) is 31.6 Å². The van der Waals surface area contributed by atoms with Gasteiger partial charge in [-0.15, -0.1) is 0 Å². The molecule has 2 heterocycles. The van der Waals surface area contributed by atoms with E-state index in [0.29, 0.717) is 31.6 Å². The molecule has 1 aromatic carbocycles. The van der Waals surface area contributed by atoms with E-state index in [2.05, 4.69) is 10.6 Å². The summed E-state index contributed by atoms with van der Waals surface area (Å²) in [6.07, 6.45) is 2.88. The zero-order chi connectivity index (χ0) is 16.2. The fourth-order valence-electron chi connectivity index (χ4n) is 3.11. The van der Waals surface area contributed by atoms with Crippen LogP contribution >= 0.6 is 0 Å². The predicted octanol–water partition coefficient (Wildman–Crippen LogP) is 1.24. The molecule has 6 nitrogen and oxygen atoms in total. The molecular weight excluding hydrogens is 294 g/mol. The molecule has 0 aromatic heterocycles. The van der Waals surface area contributed by atoms with Gasteiger partial charge in [0.15, 0.2) is 0 Å². The lowest BCUT2D eigenvalue weighted by Crippen LogP contribution is -2.40. The Morgan fingerprint density at radius 2 is 2.17 bits per heavy atom. The van der Waals surface area contributed by atoms with Crippen molar-refractivity contribution in [1.82, 2.24) is 10.2 Å². The molecule has 6 heteroatoms. The molecule has 2 N–H and O–H groups in total. The van der Waals surface area contributed by atoms with Crippen molar-refractivity contribution in [2.75, 3.05) is 25.0 Å². The van der Waals surface area contributed by atoms with Crippen molar-refractivity contribution in [3.63, 3.8) is 0 Å². The number of carbonyl (C=O) groups excluding carboxylic acids is 3. The van der Waals surface area contributed by atoms with Crippen LogP contribution in [0.5, 0.6) is 0 Å². The molecular formula is C17H21N3O3. The molecule has 1 aromatic rings. The largest absolute Gasteiger partial charge is 0.355 e. The fourth-order valence-corrected chi connectivity index (χ4v) is 3.11. The summed E-state index contributed by atoms with van der Waals surface area (Å²) in [5, 5.41) is 5.66. The van der Waals surface area contributed by atoms with E-state index in [0.717, 1.165) is 18.4 Å². The number of rotatable bonds is 4. The van der Waals surface area contributed by atoms with E-state index in [-0.39, 0.29) is 30.2 Å². The molecule has 2 aliphatic rings. The Balaban J connectivity index is 1.60. The number of anilines is 1. The average molecular weight is 315 g/mol. The van der Waals surface area contributed by atoms with Gasteiger partial charge in [0, 0.05) is 37.5 Å². The van der Waals surface area contributed by atoms with E-state index in [4.69, 9.17) is 0 Å². The van der Waals surface area contributed by atoms with Crippen LogP contribution in [0, 0.1) is 0 Å². The number of nitrogens with one attached hydrogen (secondary N) is 2. The lowest BCUT2D eigenvalue weighted by atomic mass is 9.98. The van der Waals surface area contributed by atoms with Crippen LogP contribution in [0.1, 0.15) is 37.2 Å². The van der Waals surface area contributed by atoms with Gasteiger partial charge in [0.2, 0.25) is 17.7 Å². The molecule has 0 bridgehead atoms.